The van der Waals surface area contributed by atoms with Crippen LogP contribution >= 0.6 is 8.30 Å². The van der Waals surface area contributed by atoms with Crippen molar-refractivity contribution in [2.45, 2.75) is 0 Å². The molecule has 0 aliphatic carbocycles. The summed E-state index contributed by atoms with van der Waals surface area (Å²) >= 11 is 0. The van der Waals surface area contributed by atoms with Gasteiger partial charge < -0.3 is 34.8 Å². The number of halogens is 1. The summed E-state index contributed by atoms with van der Waals surface area (Å²) in [6.07, 6.45) is 1.06. The van der Waals surface area contributed by atoms with Gasteiger partial charge in [0.25, 0.3) is 0 Å². The van der Waals surface area contributed by atoms with Crippen molar-refractivity contribution in [3.63, 3.8) is 0 Å². The molecule has 9 nitrogen and oxygen atoms in total. The summed E-state index contributed by atoms with van der Waals surface area (Å²) in [5.74, 6) is 1.20. The lowest BCUT2D eigenvalue weighted by atomic mass is 10.2. The summed E-state index contributed by atoms with van der Waals surface area (Å²) in [4.78, 5) is 18.0. The minimum absolute atomic E-state index is 0.0374. The Morgan fingerprint density at radius 3 is 2.39 bits per heavy atom. The third kappa shape index (κ3) is 5.62. The average Bonchev–Trinajstić information content (AvgIpc) is 2.76. The highest BCUT2D eigenvalue weighted by molar-refractivity contribution is 7.52. The van der Waals surface area contributed by atoms with E-state index in [1.807, 2.05) is 0 Å². The molecule has 0 saturated heterocycles. The van der Waals surface area contributed by atoms with Gasteiger partial charge in [-0.1, -0.05) is 0 Å². The minimum Gasteiger partial charge on any atom is -0.497 e. The Morgan fingerprint density at radius 2 is 1.71 bits per heavy atom. The molecular weight excluding hydrogens is 424 g/mol. The number of anilines is 5. The number of ether oxygens (including phenoxy) is 3. The summed E-state index contributed by atoms with van der Waals surface area (Å²) in [7, 11) is 3.17. The molecule has 164 valence electrons. The van der Waals surface area contributed by atoms with Crippen molar-refractivity contribution in [2.75, 3.05) is 43.7 Å². The van der Waals surface area contributed by atoms with Gasteiger partial charge in [-0.15, -0.1) is 0 Å². The van der Waals surface area contributed by atoms with Gasteiger partial charge in [-0.05, 0) is 30.9 Å². The zero-order chi connectivity index (χ0) is 22.4. The van der Waals surface area contributed by atoms with Crippen molar-refractivity contribution >= 4 is 37.1 Å². The topological polar surface area (TPSA) is 110 Å². The highest BCUT2D eigenvalue weighted by Crippen LogP contribution is 2.36. The third-order valence-corrected chi connectivity index (χ3v) is 4.71. The number of benzene rings is 2. The van der Waals surface area contributed by atoms with Gasteiger partial charge >= 0.3 is 0 Å². The second-order valence-electron chi connectivity index (χ2n) is 6.26. The van der Waals surface area contributed by atoms with Gasteiger partial charge in [-0.25, -0.2) is 9.37 Å². The van der Waals surface area contributed by atoms with Crippen LogP contribution in [0.15, 0.2) is 42.6 Å². The number of methoxy groups -OCH3 is 3. The molecule has 0 spiro atoms. The van der Waals surface area contributed by atoms with Crippen molar-refractivity contribution in [2.24, 2.45) is 0 Å². The molecule has 1 aromatic heterocycles. The second kappa shape index (κ2) is 10.1. The van der Waals surface area contributed by atoms with E-state index in [-0.39, 0.29) is 11.8 Å². The number of rotatable bonds is 9. The first-order chi connectivity index (χ1) is 14.9. The van der Waals surface area contributed by atoms with Crippen LogP contribution < -0.4 is 29.9 Å². The van der Waals surface area contributed by atoms with E-state index in [2.05, 4.69) is 25.7 Å². The average molecular weight is 447 g/mol. The van der Waals surface area contributed by atoms with Crippen molar-refractivity contribution in [1.82, 2.24) is 9.97 Å². The van der Waals surface area contributed by atoms with Crippen LogP contribution in [0.1, 0.15) is 0 Å². The van der Waals surface area contributed by atoms with Gasteiger partial charge in [-0.3, -0.25) is 0 Å². The van der Waals surface area contributed by atoms with Crippen LogP contribution in [-0.4, -0.2) is 42.9 Å². The third-order valence-electron chi connectivity index (χ3n) is 4.15. The van der Waals surface area contributed by atoms with Gasteiger partial charge in [0.05, 0.1) is 38.9 Å². The molecule has 0 amide bonds. The Morgan fingerprint density at radius 1 is 0.935 bits per heavy atom. The zero-order valence-corrected chi connectivity index (χ0v) is 18.3. The predicted octanol–water partition coefficient (Wildman–Crippen LogP) is 4.47. The van der Waals surface area contributed by atoms with Gasteiger partial charge in [0.1, 0.15) is 14.0 Å². The van der Waals surface area contributed by atoms with Gasteiger partial charge in [0, 0.05) is 17.8 Å². The van der Waals surface area contributed by atoms with E-state index in [0.717, 1.165) is 6.20 Å². The second-order valence-corrected chi connectivity index (χ2v) is 7.53. The van der Waals surface area contributed by atoms with E-state index in [4.69, 9.17) is 14.2 Å². The fourth-order valence-electron chi connectivity index (χ4n) is 2.71. The van der Waals surface area contributed by atoms with Crippen LogP contribution in [0.3, 0.4) is 0 Å². The summed E-state index contributed by atoms with van der Waals surface area (Å²) in [6.45, 7) is 1.63. The molecule has 0 aliphatic heterocycles. The molecular formula is C20H23FN5O4P. The van der Waals surface area contributed by atoms with Crippen LogP contribution in [0.4, 0.5) is 33.2 Å². The lowest BCUT2D eigenvalue weighted by Crippen LogP contribution is -2.05. The molecule has 2 aromatic carbocycles. The lowest BCUT2D eigenvalue weighted by molar-refractivity contribution is 0.355. The first-order valence-corrected chi connectivity index (χ1v) is 10.8. The summed E-state index contributed by atoms with van der Waals surface area (Å²) in [5.41, 5.74) is 1.70. The molecule has 1 atom stereocenters. The minimum atomic E-state index is -1.45. The predicted molar refractivity (Wildman–Crippen MR) is 120 cm³/mol. The summed E-state index contributed by atoms with van der Waals surface area (Å²) in [5, 5.41) is 8.88. The molecule has 0 radical (unpaired) electrons. The Labute approximate surface area is 180 Å². The zero-order valence-electron chi connectivity index (χ0n) is 17.4. The maximum atomic E-state index is 14.4. The molecule has 4 N–H and O–H groups in total. The van der Waals surface area contributed by atoms with Gasteiger partial charge in [-0.2, -0.15) is 4.98 Å². The highest BCUT2D eigenvalue weighted by atomic mass is 31.2. The van der Waals surface area contributed by atoms with E-state index >= 15 is 0 Å². The largest absolute Gasteiger partial charge is 0.497 e. The highest BCUT2D eigenvalue weighted by Gasteiger charge is 2.13. The molecule has 31 heavy (non-hydrogen) atoms. The Hall–Kier alpha value is -3.36. The van der Waals surface area contributed by atoms with Crippen molar-refractivity contribution in [3.05, 3.63) is 48.4 Å². The molecule has 1 unspecified atom stereocenters. The number of nitrogens with one attached hydrogen (secondary N) is 3. The quantitative estimate of drug-likeness (QED) is 0.353. The first kappa shape index (κ1) is 22.3. The summed E-state index contributed by atoms with van der Waals surface area (Å²) < 4.78 is 30.1. The molecule has 3 rings (SSSR count). The monoisotopic (exact) mass is 447 g/mol. The van der Waals surface area contributed by atoms with Crippen LogP contribution in [0, 0.1) is 5.82 Å². The Kier molecular flexibility index (Phi) is 7.28. The molecule has 3 aromatic rings. The molecule has 0 bridgehead atoms. The molecule has 0 aliphatic rings. The van der Waals surface area contributed by atoms with E-state index < -0.39 is 14.1 Å². The molecule has 0 fully saturated rings. The van der Waals surface area contributed by atoms with E-state index in [1.54, 1.807) is 50.2 Å². The lowest BCUT2D eigenvalue weighted by Gasteiger charge is -2.16. The number of hydrogen-bond donors (Lipinski definition) is 4. The van der Waals surface area contributed by atoms with Crippen molar-refractivity contribution in [1.29, 1.82) is 0 Å². The fraction of sp³-hybridized carbons (Fsp3) is 0.200. The number of aromatic nitrogens is 2. The summed E-state index contributed by atoms with van der Waals surface area (Å²) in [6, 6.07) is 10.3. The number of nitrogens with zero attached hydrogens (tertiary/aromatic N) is 2. The van der Waals surface area contributed by atoms with Gasteiger partial charge in [0.2, 0.25) is 5.95 Å². The first-order valence-electron chi connectivity index (χ1n) is 9.09. The molecule has 0 saturated carbocycles. The maximum absolute atomic E-state index is 14.4. The smallest absolute Gasteiger partial charge is 0.229 e. The van der Waals surface area contributed by atoms with E-state index in [0.29, 0.717) is 34.3 Å². The van der Waals surface area contributed by atoms with Gasteiger partial charge in [0.15, 0.2) is 23.1 Å². The van der Waals surface area contributed by atoms with Crippen LogP contribution in [0.5, 0.6) is 17.2 Å². The SMILES string of the molecule is COc1ccc(Nc2nc(Nc3ccc(OC)c(OC)c3)ncc2F)c(NP(C)O)c1. The van der Waals surface area contributed by atoms with Crippen molar-refractivity contribution in [3.8, 4) is 17.2 Å². The molecule has 11 heteroatoms. The normalized spacial score (nSPS) is 11.4. The van der Waals surface area contributed by atoms with Crippen molar-refractivity contribution < 1.29 is 23.5 Å². The Balaban J connectivity index is 1.87. The van der Waals surface area contributed by atoms with Crippen LogP contribution in [-0.2, 0) is 0 Å². The van der Waals surface area contributed by atoms with E-state index in [1.165, 1.54) is 14.2 Å². The Bertz CT molecular complexity index is 1050. The van der Waals surface area contributed by atoms with Crippen LogP contribution in [0.25, 0.3) is 0 Å². The van der Waals surface area contributed by atoms with E-state index in [9.17, 15) is 9.28 Å². The number of hydrogen-bond acceptors (Lipinski definition) is 9. The molecule has 1 heterocycles. The fourth-order valence-corrected chi connectivity index (χ4v) is 3.25. The maximum Gasteiger partial charge on any atom is 0.229 e. The van der Waals surface area contributed by atoms with Crippen LogP contribution in [0.2, 0.25) is 0 Å². The standard InChI is InChI=1S/C20H23FN5O4P/c1-28-13-6-7-15(16(10-13)26-31(4)27)24-19-14(21)11-22-20(25-19)23-12-5-8-17(29-2)18(9-12)30-3/h5-11,26-27H,1-4H3,(H2,22,23,24,25).